The zero-order chi connectivity index (χ0) is 29.2. The van der Waals surface area contributed by atoms with Crippen molar-refractivity contribution in [3.8, 4) is 11.6 Å². The number of aromatic carboxylic acids is 1. The quantitative estimate of drug-likeness (QED) is 0.258. The van der Waals surface area contributed by atoms with E-state index in [0.29, 0.717) is 36.7 Å². The third kappa shape index (κ3) is 5.90. The lowest BCUT2D eigenvalue weighted by molar-refractivity contribution is -0.0592. The molecule has 1 N–H and O–H groups in total. The van der Waals surface area contributed by atoms with Gasteiger partial charge in [-0.15, -0.1) is 0 Å². The number of carbonyl (C=O) groups is 1. The van der Waals surface area contributed by atoms with Gasteiger partial charge in [-0.1, -0.05) is 24.3 Å². The van der Waals surface area contributed by atoms with Crippen molar-refractivity contribution in [1.82, 2.24) is 34.0 Å². The van der Waals surface area contributed by atoms with Crippen molar-refractivity contribution in [1.29, 1.82) is 0 Å². The average molecular weight is 578 g/mol. The summed E-state index contributed by atoms with van der Waals surface area (Å²) in [5.74, 6) is 0.414. The van der Waals surface area contributed by atoms with Crippen LogP contribution in [0.5, 0.6) is 5.88 Å². The van der Waals surface area contributed by atoms with Gasteiger partial charge >= 0.3 is 5.97 Å². The molecule has 43 heavy (non-hydrogen) atoms. The van der Waals surface area contributed by atoms with E-state index in [1.54, 1.807) is 18.6 Å². The number of pyridine rings is 2. The highest BCUT2D eigenvalue weighted by Crippen LogP contribution is 2.26. The van der Waals surface area contributed by atoms with E-state index in [0.717, 1.165) is 55.3 Å². The van der Waals surface area contributed by atoms with Gasteiger partial charge in [0.2, 0.25) is 5.88 Å². The lowest BCUT2D eigenvalue weighted by atomic mass is 10.0. The van der Waals surface area contributed by atoms with E-state index < -0.39 is 5.97 Å². The molecule has 6 heterocycles. The number of carboxylic acids is 1. The van der Waals surface area contributed by atoms with Gasteiger partial charge in [-0.05, 0) is 54.3 Å². The first-order valence-electron chi connectivity index (χ1n) is 14.4. The number of rotatable bonds is 10. The van der Waals surface area contributed by atoms with Crippen LogP contribution in [0.3, 0.4) is 0 Å². The molecule has 218 valence electrons. The summed E-state index contributed by atoms with van der Waals surface area (Å²) in [6, 6.07) is 17.3. The first-order chi connectivity index (χ1) is 21.1. The first-order valence-corrected chi connectivity index (χ1v) is 14.4. The molecule has 2 aliphatic heterocycles. The van der Waals surface area contributed by atoms with Crippen LogP contribution in [-0.2, 0) is 24.4 Å². The molecular weight excluding hydrogens is 546 g/mol. The summed E-state index contributed by atoms with van der Waals surface area (Å²) >= 11 is 0. The van der Waals surface area contributed by atoms with E-state index >= 15 is 0 Å². The van der Waals surface area contributed by atoms with Crippen molar-refractivity contribution in [2.24, 2.45) is 0 Å². The number of aromatic nitrogens is 6. The molecule has 11 heteroatoms. The topological polar surface area (TPSA) is 120 Å². The molecule has 0 radical (unpaired) electrons. The maximum atomic E-state index is 11.5. The van der Waals surface area contributed by atoms with Crippen LogP contribution in [0.2, 0.25) is 0 Å². The smallest absolute Gasteiger partial charge is 0.354 e. The molecule has 7 rings (SSSR count). The predicted molar refractivity (Wildman–Crippen MR) is 159 cm³/mol. The molecule has 1 saturated heterocycles. The van der Waals surface area contributed by atoms with Crippen LogP contribution in [0.15, 0.2) is 79.4 Å². The first kappa shape index (κ1) is 27.0. The van der Waals surface area contributed by atoms with Gasteiger partial charge in [0.25, 0.3) is 0 Å². The number of imidazole rings is 2. The third-order valence-electron chi connectivity index (χ3n) is 7.91. The van der Waals surface area contributed by atoms with E-state index in [-0.39, 0.29) is 11.8 Å². The van der Waals surface area contributed by atoms with Gasteiger partial charge in [0, 0.05) is 43.8 Å². The fraction of sp³-hybridized carbons (Fsp3) is 0.281. The van der Waals surface area contributed by atoms with Crippen molar-refractivity contribution in [2.75, 3.05) is 19.7 Å². The largest absolute Gasteiger partial charge is 0.477 e. The van der Waals surface area contributed by atoms with Gasteiger partial charge < -0.3 is 23.7 Å². The zero-order valence-electron chi connectivity index (χ0n) is 23.5. The molecule has 1 fully saturated rings. The van der Waals surface area contributed by atoms with Gasteiger partial charge in [0.05, 0.1) is 31.2 Å². The van der Waals surface area contributed by atoms with Crippen LogP contribution in [0, 0.1) is 0 Å². The minimum atomic E-state index is -1.05. The van der Waals surface area contributed by atoms with Crippen molar-refractivity contribution < 1.29 is 19.4 Å². The number of hydrogen-bond donors (Lipinski definition) is 1. The fourth-order valence-corrected chi connectivity index (χ4v) is 5.41. The summed E-state index contributed by atoms with van der Waals surface area (Å²) in [5, 5.41) is 9.45. The van der Waals surface area contributed by atoms with Crippen LogP contribution in [-0.4, -0.2) is 70.8 Å². The lowest BCUT2D eigenvalue weighted by Gasteiger charge is -2.29. The maximum absolute atomic E-state index is 11.5. The van der Waals surface area contributed by atoms with Crippen molar-refractivity contribution in [3.05, 3.63) is 102 Å². The summed E-state index contributed by atoms with van der Waals surface area (Å²) in [7, 11) is 0. The molecule has 0 spiro atoms. The van der Waals surface area contributed by atoms with E-state index in [1.165, 1.54) is 11.6 Å². The number of benzene rings is 1. The number of fused-ring (bicyclic) bond motifs is 1. The van der Waals surface area contributed by atoms with Crippen LogP contribution >= 0.6 is 0 Å². The Morgan fingerprint density at radius 2 is 1.95 bits per heavy atom. The standard InChI is InChI=1S/C32H31N7O4/c40-32(41)28-9-8-27-31(36-28)39(18-25-12-17-42-25)29(34-27)19-37-14-10-23(11-15-37)26-2-1-3-30(35-26)43-20-22-4-6-24(7-5-22)38-16-13-33-21-38/h1-10,13,16,21,25H,11-12,14-15,17-20H2,(H,40,41)/t25-/m0/s1. The average Bonchev–Trinajstić information content (AvgIpc) is 3.67. The summed E-state index contributed by atoms with van der Waals surface area (Å²) in [4.78, 5) is 32.0. The van der Waals surface area contributed by atoms with Gasteiger partial charge in [-0.25, -0.2) is 24.7 Å². The number of nitrogens with zero attached hydrogens (tertiary/aromatic N) is 7. The van der Waals surface area contributed by atoms with Gasteiger partial charge in [-0.2, -0.15) is 0 Å². The van der Waals surface area contributed by atoms with Gasteiger partial charge in [-0.3, -0.25) is 4.90 Å². The van der Waals surface area contributed by atoms with E-state index in [2.05, 4.69) is 20.9 Å². The normalized spacial score (nSPS) is 17.0. The zero-order valence-corrected chi connectivity index (χ0v) is 23.5. The van der Waals surface area contributed by atoms with Crippen LogP contribution in [0.1, 0.15) is 40.4 Å². The Balaban J connectivity index is 1.01. The van der Waals surface area contributed by atoms with Crippen LogP contribution in [0.25, 0.3) is 22.4 Å². The Kier molecular flexibility index (Phi) is 7.40. The molecule has 11 nitrogen and oxygen atoms in total. The predicted octanol–water partition coefficient (Wildman–Crippen LogP) is 4.37. The molecule has 2 aliphatic rings. The molecule has 0 unspecified atom stereocenters. The SMILES string of the molecule is O=C(O)c1ccc2nc(CN3CC=C(c4cccc(OCc5ccc(-n6ccnc6)cc5)n4)CC3)n(C[C@@H]3CCO3)c2n1. The van der Waals surface area contributed by atoms with Gasteiger partial charge in [0.1, 0.15) is 17.9 Å². The second-order valence-corrected chi connectivity index (χ2v) is 10.8. The number of carboxylic acid groups (broad SMARTS) is 1. The molecule has 0 aliphatic carbocycles. The van der Waals surface area contributed by atoms with E-state index in [4.69, 9.17) is 19.4 Å². The Morgan fingerprint density at radius 3 is 2.67 bits per heavy atom. The van der Waals surface area contributed by atoms with Crippen molar-refractivity contribution >= 4 is 22.7 Å². The van der Waals surface area contributed by atoms with E-state index in [9.17, 15) is 9.90 Å². The fourth-order valence-electron chi connectivity index (χ4n) is 5.41. The Morgan fingerprint density at radius 1 is 1.07 bits per heavy atom. The Hall–Kier alpha value is -4.87. The lowest BCUT2D eigenvalue weighted by Crippen LogP contribution is -2.34. The highest BCUT2D eigenvalue weighted by Gasteiger charge is 2.24. The molecule has 5 aromatic rings. The van der Waals surface area contributed by atoms with Crippen molar-refractivity contribution in [3.63, 3.8) is 0 Å². The summed E-state index contributed by atoms with van der Waals surface area (Å²) < 4.78 is 15.7. The summed E-state index contributed by atoms with van der Waals surface area (Å²) in [6.45, 7) is 4.03. The maximum Gasteiger partial charge on any atom is 0.354 e. The summed E-state index contributed by atoms with van der Waals surface area (Å²) in [6.07, 6.45) is 9.59. The van der Waals surface area contributed by atoms with Crippen molar-refractivity contribution in [2.45, 2.75) is 38.6 Å². The Labute approximate surface area is 248 Å². The van der Waals surface area contributed by atoms with Crippen LogP contribution in [0.4, 0.5) is 0 Å². The molecule has 0 saturated carbocycles. The highest BCUT2D eigenvalue weighted by molar-refractivity contribution is 5.88. The molecule has 0 bridgehead atoms. The second-order valence-electron chi connectivity index (χ2n) is 10.8. The molecule has 0 amide bonds. The highest BCUT2D eigenvalue weighted by atomic mass is 16.5. The molecule has 4 aromatic heterocycles. The molecular formula is C32H31N7O4. The summed E-state index contributed by atoms with van der Waals surface area (Å²) in [5.41, 5.74) is 5.53. The Bertz CT molecular complexity index is 1780. The molecule has 1 atom stereocenters. The minimum Gasteiger partial charge on any atom is -0.477 e. The minimum absolute atomic E-state index is 0.0162. The molecule has 1 aromatic carbocycles. The number of hydrogen-bond acceptors (Lipinski definition) is 8. The van der Waals surface area contributed by atoms with Crippen LogP contribution < -0.4 is 4.74 Å². The third-order valence-corrected chi connectivity index (χ3v) is 7.91. The second kappa shape index (κ2) is 11.8. The number of ether oxygens (including phenoxy) is 2. The monoisotopic (exact) mass is 577 g/mol. The van der Waals surface area contributed by atoms with E-state index in [1.807, 2.05) is 57.8 Å². The van der Waals surface area contributed by atoms with Gasteiger partial charge in [0.15, 0.2) is 11.3 Å².